The maximum Gasteiger partial charge on any atom is 0.312 e. The van der Waals surface area contributed by atoms with Crippen LogP contribution in [-0.2, 0) is 14.3 Å². The van der Waals surface area contributed by atoms with Gasteiger partial charge in [0.2, 0.25) is 0 Å². The molecular weight excluding hydrogens is 303 g/mol. The van der Waals surface area contributed by atoms with Crippen LogP contribution in [0, 0.1) is 5.82 Å². The fourth-order valence-corrected chi connectivity index (χ4v) is 2.44. The molecule has 1 N–H and O–H groups in total. The highest BCUT2D eigenvalue weighted by Gasteiger charge is 2.27. The number of methoxy groups -OCH3 is 1. The minimum absolute atomic E-state index is 0.0893. The Labute approximate surface area is 134 Å². The van der Waals surface area contributed by atoms with Crippen molar-refractivity contribution in [2.24, 2.45) is 0 Å². The van der Waals surface area contributed by atoms with Crippen molar-refractivity contribution < 1.29 is 23.5 Å². The third-order valence-corrected chi connectivity index (χ3v) is 3.75. The molecule has 1 heterocycles. The molecule has 1 fully saturated rings. The Morgan fingerprint density at radius 1 is 1.48 bits per heavy atom. The lowest BCUT2D eigenvalue weighted by molar-refractivity contribution is -0.150. The molecule has 23 heavy (non-hydrogen) atoms. The van der Waals surface area contributed by atoms with Crippen molar-refractivity contribution in [1.82, 2.24) is 10.2 Å². The summed E-state index contributed by atoms with van der Waals surface area (Å²) in [5.74, 6) is -1.69. The lowest BCUT2D eigenvalue weighted by Crippen LogP contribution is -2.50. The van der Waals surface area contributed by atoms with Gasteiger partial charge in [-0.3, -0.25) is 9.59 Å². The van der Waals surface area contributed by atoms with Gasteiger partial charge in [0.05, 0.1) is 25.9 Å². The summed E-state index contributed by atoms with van der Waals surface area (Å²) in [6, 6.07) is 3.92. The van der Waals surface area contributed by atoms with Crippen molar-refractivity contribution in [3.63, 3.8) is 0 Å². The summed E-state index contributed by atoms with van der Waals surface area (Å²) in [6.07, 6.45) is -0.0893. The second-order valence-corrected chi connectivity index (χ2v) is 5.52. The van der Waals surface area contributed by atoms with Gasteiger partial charge in [0.25, 0.3) is 0 Å². The molecule has 1 aliphatic rings. The van der Waals surface area contributed by atoms with Gasteiger partial charge in [-0.05, 0) is 31.5 Å². The molecule has 1 saturated heterocycles. The van der Waals surface area contributed by atoms with Gasteiger partial charge >= 0.3 is 11.8 Å². The standard InChI is InChI=1S/C16H21FN2O4/c1-10-9-19(6-7-23-10)16(21)15(20)18-11(2)12-4-5-14(22-3)13(17)8-12/h4-5,8,10-11H,6-7,9H2,1-3H3,(H,18,20)/t10-,11-/m1/s1. The maximum absolute atomic E-state index is 13.7. The van der Waals surface area contributed by atoms with Crippen LogP contribution in [0.2, 0.25) is 0 Å². The van der Waals surface area contributed by atoms with Gasteiger partial charge in [0.1, 0.15) is 0 Å². The van der Waals surface area contributed by atoms with E-state index in [2.05, 4.69) is 5.32 Å². The van der Waals surface area contributed by atoms with Gasteiger partial charge in [0, 0.05) is 13.1 Å². The van der Waals surface area contributed by atoms with Crippen LogP contribution in [-0.4, -0.2) is 49.6 Å². The van der Waals surface area contributed by atoms with Crippen molar-refractivity contribution in [2.75, 3.05) is 26.8 Å². The summed E-state index contributed by atoms with van der Waals surface area (Å²) in [5.41, 5.74) is 0.555. The zero-order chi connectivity index (χ0) is 17.0. The number of nitrogens with one attached hydrogen (secondary N) is 1. The molecular formula is C16H21FN2O4. The number of carbonyl (C=O) groups excluding carboxylic acids is 2. The second kappa shape index (κ2) is 7.41. The molecule has 0 unspecified atom stereocenters. The van der Waals surface area contributed by atoms with Gasteiger partial charge < -0.3 is 19.7 Å². The van der Waals surface area contributed by atoms with E-state index >= 15 is 0 Å². The van der Waals surface area contributed by atoms with Gasteiger partial charge in [-0.15, -0.1) is 0 Å². The summed E-state index contributed by atoms with van der Waals surface area (Å²) in [4.78, 5) is 25.7. The average molecular weight is 324 g/mol. The van der Waals surface area contributed by atoms with E-state index in [1.807, 2.05) is 6.92 Å². The molecule has 0 radical (unpaired) electrons. The highest BCUT2D eigenvalue weighted by Crippen LogP contribution is 2.21. The van der Waals surface area contributed by atoms with E-state index in [4.69, 9.17) is 9.47 Å². The number of hydrogen-bond acceptors (Lipinski definition) is 4. The number of benzene rings is 1. The largest absolute Gasteiger partial charge is 0.494 e. The van der Waals surface area contributed by atoms with Crippen molar-refractivity contribution in [1.29, 1.82) is 0 Å². The van der Waals surface area contributed by atoms with Crippen molar-refractivity contribution in [3.8, 4) is 5.75 Å². The van der Waals surface area contributed by atoms with Gasteiger partial charge in [-0.1, -0.05) is 6.07 Å². The van der Waals surface area contributed by atoms with Gasteiger partial charge in [0.15, 0.2) is 11.6 Å². The number of morpholine rings is 1. The molecule has 1 aliphatic heterocycles. The second-order valence-electron chi connectivity index (χ2n) is 5.52. The summed E-state index contributed by atoms with van der Waals surface area (Å²) < 4.78 is 23.9. The van der Waals surface area contributed by atoms with E-state index in [0.29, 0.717) is 25.3 Å². The van der Waals surface area contributed by atoms with Crippen molar-refractivity contribution in [2.45, 2.75) is 26.0 Å². The smallest absolute Gasteiger partial charge is 0.312 e. The van der Waals surface area contributed by atoms with Crippen molar-refractivity contribution in [3.05, 3.63) is 29.6 Å². The monoisotopic (exact) mass is 324 g/mol. The minimum atomic E-state index is -0.706. The van der Waals surface area contributed by atoms with E-state index in [9.17, 15) is 14.0 Å². The first kappa shape index (κ1) is 17.2. The summed E-state index contributed by atoms with van der Waals surface area (Å²) >= 11 is 0. The zero-order valence-electron chi connectivity index (χ0n) is 13.5. The van der Waals surface area contributed by atoms with Crippen LogP contribution in [0.5, 0.6) is 5.75 Å². The average Bonchev–Trinajstić information content (AvgIpc) is 2.53. The first-order chi connectivity index (χ1) is 10.9. The van der Waals surface area contributed by atoms with Crippen LogP contribution in [0.15, 0.2) is 18.2 Å². The normalized spacial score (nSPS) is 19.1. The van der Waals surface area contributed by atoms with E-state index < -0.39 is 23.7 Å². The number of carbonyl (C=O) groups is 2. The molecule has 0 aliphatic carbocycles. The molecule has 2 atom stereocenters. The predicted octanol–water partition coefficient (Wildman–Crippen LogP) is 1.26. The number of ether oxygens (including phenoxy) is 2. The topological polar surface area (TPSA) is 67.9 Å². The van der Waals surface area contributed by atoms with E-state index in [1.165, 1.54) is 24.1 Å². The molecule has 2 amide bonds. The molecule has 1 aromatic rings. The van der Waals surface area contributed by atoms with Crippen LogP contribution in [0.3, 0.4) is 0 Å². The number of amides is 2. The first-order valence-corrected chi connectivity index (χ1v) is 7.47. The van der Waals surface area contributed by atoms with E-state index in [0.717, 1.165) is 0 Å². The van der Waals surface area contributed by atoms with Crippen LogP contribution < -0.4 is 10.1 Å². The lowest BCUT2D eigenvalue weighted by Gasteiger charge is -2.30. The third-order valence-electron chi connectivity index (χ3n) is 3.75. The Morgan fingerprint density at radius 2 is 2.22 bits per heavy atom. The van der Waals surface area contributed by atoms with Crippen LogP contribution in [0.25, 0.3) is 0 Å². The lowest BCUT2D eigenvalue weighted by atomic mass is 10.1. The van der Waals surface area contributed by atoms with Gasteiger partial charge in [-0.2, -0.15) is 0 Å². The van der Waals surface area contributed by atoms with Crippen molar-refractivity contribution >= 4 is 11.8 Å². The molecule has 0 saturated carbocycles. The fraction of sp³-hybridized carbons (Fsp3) is 0.500. The van der Waals surface area contributed by atoms with Crippen LogP contribution >= 0.6 is 0 Å². The molecule has 126 valence electrons. The molecule has 2 rings (SSSR count). The molecule has 0 spiro atoms. The highest BCUT2D eigenvalue weighted by molar-refractivity contribution is 6.35. The Kier molecular flexibility index (Phi) is 5.54. The number of nitrogens with zero attached hydrogens (tertiary/aromatic N) is 1. The van der Waals surface area contributed by atoms with Crippen LogP contribution in [0.4, 0.5) is 4.39 Å². The van der Waals surface area contributed by atoms with E-state index in [1.54, 1.807) is 13.0 Å². The Balaban J connectivity index is 1.98. The summed E-state index contributed by atoms with van der Waals surface area (Å²) in [5, 5.41) is 2.59. The maximum atomic E-state index is 13.7. The number of hydrogen-bond donors (Lipinski definition) is 1. The molecule has 0 aromatic heterocycles. The minimum Gasteiger partial charge on any atom is -0.494 e. The number of halogens is 1. The number of rotatable bonds is 3. The first-order valence-electron chi connectivity index (χ1n) is 7.47. The fourth-order valence-electron chi connectivity index (χ4n) is 2.44. The molecule has 7 heteroatoms. The Hall–Kier alpha value is -2.15. The SMILES string of the molecule is COc1ccc([C@@H](C)NC(=O)C(=O)N2CCO[C@H](C)C2)cc1F. The Morgan fingerprint density at radius 3 is 2.83 bits per heavy atom. The highest BCUT2D eigenvalue weighted by atomic mass is 19.1. The van der Waals surface area contributed by atoms with Crippen LogP contribution in [0.1, 0.15) is 25.5 Å². The summed E-state index contributed by atoms with van der Waals surface area (Å²) in [7, 11) is 1.38. The zero-order valence-corrected chi connectivity index (χ0v) is 13.5. The van der Waals surface area contributed by atoms with E-state index in [-0.39, 0.29) is 11.9 Å². The molecule has 6 nitrogen and oxygen atoms in total. The molecule has 0 bridgehead atoms. The Bertz CT molecular complexity index is 593. The predicted molar refractivity (Wildman–Crippen MR) is 81.5 cm³/mol. The van der Waals surface area contributed by atoms with Gasteiger partial charge in [-0.25, -0.2) is 4.39 Å². The quantitative estimate of drug-likeness (QED) is 0.850. The molecule has 1 aromatic carbocycles. The summed E-state index contributed by atoms with van der Waals surface area (Å²) in [6.45, 7) is 4.73. The third kappa shape index (κ3) is 4.19.